The number of pyridine rings is 1. The number of nitrogens with two attached hydrogens (primary N) is 1. The Kier molecular flexibility index (Phi) is 4.47. The number of carboxylic acid groups (broad SMARTS) is 1. The molecule has 1 aromatic heterocycles. The third-order valence-electron chi connectivity index (χ3n) is 3.56. The van der Waals surface area contributed by atoms with E-state index in [9.17, 15) is 14.7 Å². The highest BCUT2D eigenvalue weighted by atomic mass is 32.2. The van der Waals surface area contributed by atoms with Crippen molar-refractivity contribution < 1.29 is 18.7 Å². The maximum atomic E-state index is 11.9. The Morgan fingerprint density at radius 2 is 2.17 bits per heavy atom. The smallest absolute Gasteiger partial charge is 0.352 e. The van der Waals surface area contributed by atoms with E-state index in [2.05, 4.69) is 0 Å². The molecule has 23 heavy (non-hydrogen) atoms. The van der Waals surface area contributed by atoms with Gasteiger partial charge in [0.15, 0.2) is 24.3 Å². The van der Waals surface area contributed by atoms with E-state index >= 15 is 0 Å². The fourth-order valence-electron chi connectivity index (χ4n) is 2.53. The van der Waals surface area contributed by atoms with Gasteiger partial charge in [0.05, 0.1) is 4.91 Å². The number of thioether (sulfide) groups is 1. The van der Waals surface area contributed by atoms with Gasteiger partial charge in [-0.05, 0) is 18.6 Å². The largest absolute Gasteiger partial charge is 0.477 e. The van der Waals surface area contributed by atoms with Gasteiger partial charge in [-0.25, -0.2) is 4.79 Å². The second kappa shape index (κ2) is 6.38. The lowest BCUT2D eigenvalue weighted by molar-refractivity contribution is -0.493. The van der Waals surface area contributed by atoms with Crippen LogP contribution < -0.4 is 9.71 Å². The van der Waals surface area contributed by atoms with Gasteiger partial charge in [0, 0.05) is 17.9 Å². The van der Waals surface area contributed by atoms with Gasteiger partial charge in [0.25, 0.3) is 0 Å². The van der Waals surface area contributed by atoms with Crippen LogP contribution in [0.15, 0.2) is 52.8 Å². The van der Waals surface area contributed by atoms with Crippen molar-refractivity contribution in [3.05, 3.63) is 52.8 Å². The quantitative estimate of drug-likeness (QED) is 0.621. The van der Waals surface area contributed by atoms with E-state index in [1.807, 2.05) is 47.6 Å². The summed E-state index contributed by atoms with van der Waals surface area (Å²) in [4.78, 5) is 25.7. The summed E-state index contributed by atoms with van der Waals surface area (Å²) >= 11 is 2.99. The number of carbonyl (C=O) groups is 2. The number of amides is 1. The number of aliphatic carboxylic acids is 1. The summed E-state index contributed by atoms with van der Waals surface area (Å²) in [5.41, 5.74) is 6.43. The zero-order valence-electron chi connectivity index (χ0n) is 12.4. The number of β-lactam (4-membered cyclic amide) rings is 1. The van der Waals surface area contributed by atoms with Gasteiger partial charge in [0.1, 0.15) is 17.1 Å². The van der Waals surface area contributed by atoms with Crippen LogP contribution in [0.3, 0.4) is 0 Å². The molecule has 0 bridgehead atoms. The molecule has 8 heteroatoms. The van der Waals surface area contributed by atoms with Crippen LogP contribution in [0, 0.1) is 0 Å². The maximum Gasteiger partial charge on any atom is 0.352 e. The molecular weight excluding hydrogens is 334 g/mol. The first-order valence-corrected chi connectivity index (χ1v) is 8.81. The molecule has 0 aromatic carbocycles. The molecule has 6 nitrogen and oxygen atoms in total. The lowest BCUT2D eigenvalue weighted by Gasteiger charge is -2.47. The van der Waals surface area contributed by atoms with Gasteiger partial charge >= 0.3 is 5.97 Å². The second-order valence-corrected chi connectivity index (χ2v) is 7.55. The molecule has 120 valence electrons. The van der Waals surface area contributed by atoms with Crippen molar-refractivity contribution in [2.75, 3.05) is 5.75 Å². The van der Waals surface area contributed by atoms with Crippen LogP contribution in [0.4, 0.5) is 0 Å². The summed E-state index contributed by atoms with van der Waals surface area (Å²) < 4.78 is 1.93. The number of allylic oxidation sites excluding steroid dienone is 2. The first-order chi connectivity index (χ1) is 11.0. The molecule has 1 amide bonds. The molecule has 3 rings (SSSR count). The molecule has 1 unspecified atom stereocenters. The Labute approximate surface area is 142 Å². The number of aromatic nitrogens is 1. The minimum absolute atomic E-state index is 0.0541. The van der Waals surface area contributed by atoms with Crippen molar-refractivity contribution in [1.29, 1.82) is 0 Å². The average molecular weight is 350 g/mol. The summed E-state index contributed by atoms with van der Waals surface area (Å²) in [6.45, 7) is 1.91. The Hall–Kier alpha value is -1.77. The zero-order valence-corrected chi connectivity index (χ0v) is 14.0. The normalized spacial score (nSPS) is 24.3. The summed E-state index contributed by atoms with van der Waals surface area (Å²) in [5.74, 6) is -0.888. The van der Waals surface area contributed by atoms with Crippen molar-refractivity contribution in [2.45, 2.75) is 18.3 Å². The molecule has 2 atom stereocenters. The number of carboxylic acids is 1. The Bertz CT molecular complexity index is 718. The van der Waals surface area contributed by atoms with Gasteiger partial charge in [-0.2, -0.15) is 0 Å². The summed E-state index contributed by atoms with van der Waals surface area (Å²) in [7, 11) is 0. The topological polar surface area (TPSA) is 87.5 Å². The minimum Gasteiger partial charge on any atom is -0.477 e. The van der Waals surface area contributed by atoms with Gasteiger partial charge in [0.2, 0.25) is 5.91 Å². The molecule has 3 N–H and O–H groups in total. The summed E-state index contributed by atoms with van der Waals surface area (Å²) in [6, 6.07) is 5.17. The highest BCUT2D eigenvalue weighted by Gasteiger charge is 2.51. The van der Waals surface area contributed by atoms with Crippen LogP contribution in [-0.2, 0) is 9.59 Å². The predicted molar refractivity (Wildman–Crippen MR) is 89.1 cm³/mol. The minimum atomic E-state index is -1.09. The summed E-state index contributed by atoms with van der Waals surface area (Å²) in [6.07, 6.45) is 5.66. The van der Waals surface area contributed by atoms with E-state index in [4.69, 9.17) is 5.73 Å². The molecule has 0 radical (unpaired) electrons. The number of rotatable bonds is 4. The van der Waals surface area contributed by atoms with Crippen LogP contribution in [-0.4, -0.2) is 39.1 Å². The molecule has 1 fully saturated rings. The maximum absolute atomic E-state index is 11.9. The zero-order chi connectivity index (χ0) is 16.6. The van der Waals surface area contributed by atoms with Crippen molar-refractivity contribution in [3.8, 4) is 0 Å². The van der Waals surface area contributed by atoms with Crippen molar-refractivity contribution in [3.63, 3.8) is 0 Å². The molecule has 2 aliphatic heterocycles. The highest BCUT2D eigenvalue weighted by molar-refractivity contribution is 8.00. The van der Waals surface area contributed by atoms with Gasteiger partial charge in [-0.15, -0.1) is 15.7 Å². The number of fused-ring (bicyclic) bond motifs is 1. The standard InChI is InChI=1S/C15H15N3O3S2/c1-9(23-17-5-3-2-4-6-17)7-10-8-22-14-11(16)13(19)18(14)12(10)15(20)21/h2-7,11,14H,8,16H2,1H3/p+1/t11?,14-/m0/s1. The van der Waals surface area contributed by atoms with Gasteiger partial charge < -0.3 is 10.8 Å². The highest BCUT2D eigenvalue weighted by Crippen LogP contribution is 2.40. The molecule has 0 aliphatic carbocycles. The van der Waals surface area contributed by atoms with E-state index in [-0.39, 0.29) is 17.0 Å². The third kappa shape index (κ3) is 3.01. The molecule has 2 aliphatic rings. The fourth-order valence-corrected chi connectivity index (χ4v) is 4.57. The monoisotopic (exact) mass is 350 g/mol. The SMILES string of the molecule is CC(=CC1=C(C(=O)O)N2C(=O)C(N)[C@@H]2SC1)S[n+]1ccccc1. The molecule has 1 saturated heterocycles. The lowest BCUT2D eigenvalue weighted by atomic mass is 10.0. The van der Waals surface area contributed by atoms with E-state index < -0.39 is 12.0 Å². The summed E-state index contributed by atoms with van der Waals surface area (Å²) in [5, 5.41) is 9.23. The number of carbonyl (C=O) groups excluding carboxylic acids is 1. The van der Waals surface area contributed by atoms with Crippen LogP contribution in [0.2, 0.25) is 0 Å². The van der Waals surface area contributed by atoms with E-state index in [1.54, 1.807) is 0 Å². The molecule has 0 spiro atoms. The molecular formula is C15H16N3O3S2+. The van der Waals surface area contributed by atoms with Crippen molar-refractivity contribution in [1.82, 2.24) is 4.90 Å². The first kappa shape index (κ1) is 16.1. The molecule has 3 heterocycles. The number of hydrogen-bond acceptors (Lipinski definition) is 5. The van der Waals surface area contributed by atoms with Gasteiger partial charge in [-0.3, -0.25) is 9.69 Å². The predicted octanol–water partition coefficient (Wildman–Crippen LogP) is 0.955. The Morgan fingerprint density at radius 1 is 1.48 bits per heavy atom. The van der Waals surface area contributed by atoms with Gasteiger partial charge in [-0.1, -0.05) is 6.07 Å². The molecule has 0 saturated carbocycles. The second-order valence-electron chi connectivity index (χ2n) is 5.20. The van der Waals surface area contributed by atoms with Crippen LogP contribution in [0.1, 0.15) is 6.92 Å². The third-order valence-corrected chi connectivity index (χ3v) is 5.74. The lowest BCUT2D eigenvalue weighted by Crippen LogP contribution is -2.68. The van der Waals surface area contributed by atoms with Crippen LogP contribution in [0.25, 0.3) is 0 Å². The number of nitrogens with zero attached hydrogens (tertiary/aromatic N) is 2. The van der Waals surface area contributed by atoms with E-state index in [0.717, 1.165) is 4.91 Å². The Balaban J connectivity index is 1.88. The molecule has 1 aromatic rings. The van der Waals surface area contributed by atoms with Crippen LogP contribution >= 0.6 is 23.7 Å². The Morgan fingerprint density at radius 3 is 2.83 bits per heavy atom. The number of hydrogen-bond donors (Lipinski definition) is 2. The average Bonchev–Trinajstić information content (AvgIpc) is 2.54. The first-order valence-electron chi connectivity index (χ1n) is 6.98. The van der Waals surface area contributed by atoms with E-state index in [0.29, 0.717) is 11.3 Å². The van der Waals surface area contributed by atoms with Crippen molar-refractivity contribution in [2.24, 2.45) is 5.73 Å². The fraction of sp³-hybridized carbons (Fsp3) is 0.267. The van der Waals surface area contributed by atoms with E-state index in [1.165, 1.54) is 28.6 Å². The van der Waals surface area contributed by atoms with Crippen molar-refractivity contribution >= 4 is 35.6 Å². The van der Waals surface area contributed by atoms with Crippen LogP contribution in [0.5, 0.6) is 0 Å².